The minimum atomic E-state index is -1.14. The van der Waals surface area contributed by atoms with E-state index in [9.17, 15) is 15.0 Å². The van der Waals surface area contributed by atoms with Gasteiger partial charge in [-0.25, -0.2) is 0 Å². The van der Waals surface area contributed by atoms with E-state index >= 15 is 0 Å². The van der Waals surface area contributed by atoms with Gasteiger partial charge >= 0.3 is 0 Å². The van der Waals surface area contributed by atoms with Crippen molar-refractivity contribution in [3.63, 3.8) is 0 Å². The predicted molar refractivity (Wildman–Crippen MR) is 71.1 cm³/mol. The van der Waals surface area contributed by atoms with Crippen LogP contribution in [0.15, 0.2) is 24.3 Å². The summed E-state index contributed by atoms with van der Waals surface area (Å²) in [4.78, 5) is 11.1. The summed E-state index contributed by atoms with van der Waals surface area (Å²) in [6.45, 7) is 1.11. The average Bonchev–Trinajstić information content (AvgIpc) is 2.73. The van der Waals surface area contributed by atoms with Gasteiger partial charge in [-0.05, 0) is 19.1 Å². The Balaban J connectivity index is 2.09. The second-order valence-electron chi connectivity index (χ2n) is 4.66. The number of carbonyl (C=O) groups is 1. The molecule has 5 nitrogen and oxygen atoms in total. The molecule has 5 heteroatoms. The molecule has 0 spiro atoms. The van der Waals surface area contributed by atoms with Gasteiger partial charge in [-0.2, -0.15) is 0 Å². The Morgan fingerprint density at radius 2 is 1.90 bits per heavy atom. The average molecular weight is 276 g/mol. The van der Waals surface area contributed by atoms with Crippen molar-refractivity contribution in [1.29, 1.82) is 0 Å². The van der Waals surface area contributed by atoms with Crippen molar-refractivity contribution in [2.45, 2.75) is 31.3 Å². The third kappa shape index (κ3) is 3.06. The molecular weight excluding hydrogens is 260 g/mol. The van der Waals surface area contributed by atoms with Gasteiger partial charge in [-0.3, -0.25) is 4.79 Å². The molecule has 1 aliphatic heterocycles. The van der Waals surface area contributed by atoms with Crippen LogP contribution in [-0.2, 0) is 4.74 Å². The van der Waals surface area contributed by atoms with Gasteiger partial charge in [0.2, 0.25) is 0 Å². The molecule has 3 N–H and O–H groups in total. The maximum absolute atomic E-state index is 11.1. The zero-order chi connectivity index (χ0) is 14.7. The number of ketones is 1. The lowest BCUT2D eigenvalue weighted by molar-refractivity contribution is -0.0111. The van der Waals surface area contributed by atoms with Crippen LogP contribution in [0.4, 0.5) is 0 Å². The molecule has 0 saturated carbocycles. The highest BCUT2D eigenvalue weighted by Crippen LogP contribution is 2.20. The third-order valence-electron chi connectivity index (χ3n) is 3.19. The van der Waals surface area contributed by atoms with E-state index in [2.05, 4.69) is 11.8 Å². The highest BCUT2D eigenvalue weighted by atomic mass is 16.6. The second-order valence-corrected chi connectivity index (χ2v) is 4.66. The van der Waals surface area contributed by atoms with Crippen LogP contribution in [0.1, 0.15) is 22.8 Å². The van der Waals surface area contributed by atoms with Crippen LogP contribution in [0.2, 0.25) is 0 Å². The van der Waals surface area contributed by atoms with Crippen molar-refractivity contribution < 1.29 is 24.9 Å². The van der Waals surface area contributed by atoms with Crippen molar-refractivity contribution in [2.24, 2.45) is 0 Å². The molecule has 1 heterocycles. The molecule has 0 radical (unpaired) electrons. The zero-order valence-corrected chi connectivity index (χ0v) is 11.0. The van der Waals surface area contributed by atoms with Crippen molar-refractivity contribution in [3.05, 3.63) is 35.4 Å². The Kier molecular flexibility index (Phi) is 4.53. The van der Waals surface area contributed by atoms with E-state index in [1.807, 2.05) is 0 Å². The fourth-order valence-corrected chi connectivity index (χ4v) is 1.96. The zero-order valence-electron chi connectivity index (χ0n) is 11.0. The first-order chi connectivity index (χ1) is 9.52. The fraction of sp³-hybridized carbons (Fsp3) is 0.400. The van der Waals surface area contributed by atoms with Crippen LogP contribution in [0, 0.1) is 11.8 Å². The van der Waals surface area contributed by atoms with Gasteiger partial charge < -0.3 is 20.1 Å². The van der Waals surface area contributed by atoms with E-state index in [-0.39, 0.29) is 12.4 Å². The molecule has 0 aromatic heterocycles. The van der Waals surface area contributed by atoms with Crippen molar-refractivity contribution >= 4 is 5.78 Å². The van der Waals surface area contributed by atoms with Gasteiger partial charge in [0.25, 0.3) is 0 Å². The summed E-state index contributed by atoms with van der Waals surface area (Å²) in [6, 6.07) is 6.74. The Morgan fingerprint density at radius 3 is 2.40 bits per heavy atom. The van der Waals surface area contributed by atoms with Gasteiger partial charge in [0, 0.05) is 11.1 Å². The largest absolute Gasteiger partial charge is 0.394 e. The standard InChI is InChI=1S/C15H16O5/c1-9(17)11-5-2-10(3-6-11)4-7-12-14(18)15(19)13(8-16)20-12/h2-3,5-6,12-16,18-19H,8H2,1H3/t12-,13-,14-,15-/m1/s1. The van der Waals surface area contributed by atoms with Crippen molar-refractivity contribution in [1.82, 2.24) is 0 Å². The molecule has 1 aliphatic rings. The number of hydrogen-bond donors (Lipinski definition) is 3. The van der Waals surface area contributed by atoms with Crippen molar-refractivity contribution in [2.75, 3.05) is 6.61 Å². The molecule has 1 aromatic carbocycles. The Morgan fingerprint density at radius 1 is 1.25 bits per heavy atom. The van der Waals surface area contributed by atoms with E-state index in [1.54, 1.807) is 24.3 Å². The predicted octanol–water partition coefficient (Wildman–Crippen LogP) is -0.278. The topological polar surface area (TPSA) is 87.0 Å². The van der Waals surface area contributed by atoms with E-state index in [4.69, 9.17) is 9.84 Å². The third-order valence-corrected chi connectivity index (χ3v) is 3.19. The summed E-state index contributed by atoms with van der Waals surface area (Å²) < 4.78 is 5.24. The molecule has 2 rings (SSSR count). The number of rotatable bonds is 2. The molecule has 0 aliphatic carbocycles. The van der Waals surface area contributed by atoms with Crippen LogP contribution in [0.25, 0.3) is 0 Å². The quantitative estimate of drug-likeness (QED) is 0.511. The number of aliphatic hydroxyl groups is 3. The number of hydrogen-bond acceptors (Lipinski definition) is 5. The van der Waals surface area contributed by atoms with E-state index < -0.39 is 24.4 Å². The summed E-state index contributed by atoms with van der Waals surface area (Å²) in [5.74, 6) is 5.50. The van der Waals surface area contributed by atoms with Crippen molar-refractivity contribution in [3.8, 4) is 11.8 Å². The first-order valence-corrected chi connectivity index (χ1v) is 6.28. The number of benzene rings is 1. The molecule has 0 amide bonds. The molecule has 0 unspecified atom stereocenters. The second kappa shape index (κ2) is 6.16. The monoisotopic (exact) mass is 276 g/mol. The van der Waals surface area contributed by atoms with Crippen LogP contribution in [-0.4, -0.2) is 52.1 Å². The fourth-order valence-electron chi connectivity index (χ4n) is 1.96. The van der Waals surface area contributed by atoms with Crippen LogP contribution >= 0.6 is 0 Å². The van der Waals surface area contributed by atoms with E-state index in [0.29, 0.717) is 11.1 Å². The SMILES string of the molecule is CC(=O)c1ccc(C#C[C@H]2O[C@H](CO)[C@@H](O)[C@@H]2O)cc1. The number of aliphatic hydroxyl groups excluding tert-OH is 3. The summed E-state index contributed by atoms with van der Waals surface area (Å²) in [7, 11) is 0. The smallest absolute Gasteiger partial charge is 0.159 e. The molecule has 1 aromatic rings. The minimum absolute atomic E-state index is 0.0204. The normalized spacial score (nSPS) is 28.8. The van der Waals surface area contributed by atoms with Crippen LogP contribution in [0.5, 0.6) is 0 Å². The molecule has 20 heavy (non-hydrogen) atoms. The summed E-state index contributed by atoms with van der Waals surface area (Å²) in [6.07, 6.45) is -3.94. The Bertz CT molecular complexity index is 540. The molecule has 4 atom stereocenters. The number of ether oxygens (including phenoxy) is 1. The van der Waals surface area contributed by atoms with Gasteiger partial charge in [-0.1, -0.05) is 24.0 Å². The lowest BCUT2D eigenvalue weighted by atomic mass is 10.1. The lowest BCUT2D eigenvalue weighted by Gasteiger charge is -2.09. The van der Waals surface area contributed by atoms with Gasteiger partial charge in [0.15, 0.2) is 5.78 Å². The Labute approximate surface area is 116 Å². The molecule has 106 valence electrons. The van der Waals surface area contributed by atoms with Gasteiger partial charge in [0.1, 0.15) is 24.4 Å². The highest BCUT2D eigenvalue weighted by Gasteiger charge is 2.41. The van der Waals surface area contributed by atoms with Crippen LogP contribution < -0.4 is 0 Å². The summed E-state index contributed by atoms with van der Waals surface area (Å²) in [5.41, 5.74) is 1.27. The molecule has 1 saturated heterocycles. The highest BCUT2D eigenvalue weighted by molar-refractivity contribution is 5.94. The van der Waals surface area contributed by atoms with E-state index in [1.165, 1.54) is 6.92 Å². The first-order valence-electron chi connectivity index (χ1n) is 6.28. The Hall–Kier alpha value is -1.71. The van der Waals surface area contributed by atoms with Crippen LogP contribution in [0.3, 0.4) is 0 Å². The lowest BCUT2D eigenvalue weighted by Crippen LogP contribution is -2.33. The minimum Gasteiger partial charge on any atom is -0.394 e. The van der Waals surface area contributed by atoms with Gasteiger partial charge in [-0.15, -0.1) is 0 Å². The molecule has 0 bridgehead atoms. The molecule has 1 fully saturated rings. The molecular formula is C15H16O5. The first kappa shape index (κ1) is 14.7. The number of Topliss-reactive ketones (excluding diaryl/α,β-unsaturated/α-hetero) is 1. The summed E-state index contributed by atoms with van der Waals surface area (Å²) >= 11 is 0. The summed E-state index contributed by atoms with van der Waals surface area (Å²) in [5, 5.41) is 28.3. The van der Waals surface area contributed by atoms with Gasteiger partial charge in [0.05, 0.1) is 6.61 Å². The maximum Gasteiger partial charge on any atom is 0.159 e. The number of carbonyl (C=O) groups excluding carboxylic acids is 1. The maximum atomic E-state index is 11.1. The van der Waals surface area contributed by atoms with E-state index in [0.717, 1.165) is 0 Å².